The van der Waals surface area contributed by atoms with Crippen LogP contribution in [0, 0.1) is 0 Å². The van der Waals surface area contributed by atoms with E-state index in [1.165, 1.54) is 29.1 Å². The molecule has 0 bridgehead atoms. The van der Waals surface area contributed by atoms with Crippen LogP contribution in [0.2, 0.25) is 0 Å². The van der Waals surface area contributed by atoms with E-state index in [9.17, 15) is 36.2 Å². The molecule has 35 heavy (non-hydrogen) atoms. The van der Waals surface area contributed by atoms with Gasteiger partial charge in [-0.05, 0) is 41.5 Å². The van der Waals surface area contributed by atoms with Gasteiger partial charge in [-0.15, -0.1) is 0 Å². The van der Waals surface area contributed by atoms with E-state index in [1.807, 2.05) is 0 Å². The summed E-state index contributed by atoms with van der Waals surface area (Å²) < 4.78 is 85.1. The minimum absolute atomic E-state index is 0.0784. The Hall–Kier alpha value is -4.21. The smallest absolute Gasteiger partial charge is 0.417 e. The van der Waals surface area contributed by atoms with Crippen molar-refractivity contribution < 1.29 is 36.2 Å². The zero-order chi connectivity index (χ0) is 25.5. The van der Waals surface area contributed by atoms with Gasteiger partial charge in [0.1, 0.15) is 5.75 Å². The lowest BCUT2D eigenvalue weighted by molar-refractivity contribution is -0.138. The molecular weight excluding hydrogens is 474 g/mol. The first kappa shape index (κ1) is 23.9. The molecule has 4 rings (SSSR count). The van der Waals surface area contributed by atoms with Crippen LogP contribution in [0.4, 0.5) is 26.3 Å². The summed E-state index contributed by atoms with van der Waals surface area (Å²) in [5.41, 5.74) is 0.368. The highest BCUT2D eigenvalue weighted by molar-refractivity contribution is 6.04. The van der Waals surface area contributed by atoms with E-state index >= 15 is 0 Å². The summed E-state index contributed by atoms with van der Waals surface area (Å²) in [6.07, 6.45) is -6.91. The SMILES string of the molecule is NC(=O)c1cc(-n2cccc2)c(-c2ccccc2C(F)(F)F)c(-c2ccccc2C(F)(F)F)c1O. The summed E-state index contributed by atoms with van der Waals surface area (Å²) in [5, 5.41) is 11.0. The molecular formula is C25H16F6N2O2. The number of nitrogens with zero attached hydrogens (tertiary/aromatic N) is 1. The molecule has 10 heteroatoms. The molecule has 0 atom stereocenters. The number of aromatic hydroxyl groups is 1. The van der Waals surface area contributed by atoms with E-state index < -0.39 is 57.4 Å². The fourth-order valence-electron chi connectivity index (χ4n) is 3.98. The van der Waals surface area contributed by atoms with Crippen molar-refractivity contribution in [3.8, 4) is 33.7 Å². The summed E-state index contributed by atoms with van der Waals surface area (Å²) in [7, 11) is 0. The van der Waals surface area contributed by atoms with Gasteiger partial charge in [-0.25, -0.2) is 0 Å². The molecule has 0 spiro atoms. The molecule has 1 heterocycles. The Labute approximate surface area is 194 Å². The van der Waals surface area contributed by atoms with Crippen molar-refractivity contribution in [2.45, 2.75) is 12.4 Å². The number of amides is 1. The standard InChI is InChI=1S/C25H16F6N2O2/c26-24(27,28)17-9-3-1-7-14(17)20-19(33-11-5-6-12-33)13-16(23(32)35)22(34)21(20)15-8-2-4-10-18(15)25(29,30)31/h1-13,34H,(H2,32,35). The average molecular weight is 490 g/mol. The number of alkyl halides is 6. The number of primary amides is 1. The van der Waals surface area contributed by atoms with Crippen LogP contribution in [0.1, 0.15) is 21.5 Å². The van der Waals surface area contributed by atoms with Crippen molar-refractivity contribution in [1.29, 1.82) is 0 Å². The number of benzene rings is 3. The maximum absolute atomic E-state index is 14.0. The maximum Gasteiger partial charge on any atom is 0.417 e. The Morgan fingerprint density at radius 1 is 0.743 bits per heavy atom. The van der Waals surface area contributed by atoms with E-state index in [2.05, 4.69) is 0 Å². The van der Waals surface area contributed by atoms with Gasteiger partial charge in [-0.1, -0.05) is 36.4 Å². The minimum atomic E-state index is -4.92. The molecule has 0 aliphatic carbocycles. The molecule has 0 fully saturated rings. The molecule has 4 nitrogen and oxygen atoms in total. The number of rotatable bonds is 4. The van der Waals surface area contributed by atoms with E-state index in [1.54, 1.807) is 12.1 Å². The number of nitrogens with two attached hydrogens (primary N) is 1. The third-order valence-corrected chi connectivity index (χ3v) is 5.43. The van der Waals surface area contributed by atoms with Crippen molar-refractivity contribution in [1.82, 2.24) is 4.57 Å². The topological polar surface area (TPSA) is 68.2 Å². The molecule has 3 N–H and O–H groups in total. The third kappa shape index (κ3) is 4.34. The van der Waals surface area contributed by atoms with Gasteiger partial charge in [0.05, 0.1) is 22.4 Å². The summed E-state index contributed by atoms with van der Waals surface area (Å²) in [5.74, 6) is -2.13. The summed E-state index contributed by atoms with van der Waals surface area (Å²) in [4.78, 5) is 12.1. The van der Waals surface area contributed by atoms with Gasteiger partial charge >= 0.3 is 12.4 Å². The second-order valence-electron chi connectivity index (χ2n) is 7.58. The van der Waals surface area contributed by atoms with Gasteiger partial charge in [0.2, 0.25) is 0 Å². The van der Waals surface area contributed by atoms with Crippen LogP contribution in [0.5, 0.6) is 5.75 Å². The van der Waals surface area contributed by atoms with Crippen molar-refractivity contribution in [3.05, 3.63) is 95.8 Å². The fourth-order valence-corrected chi connectivity index (χ4v) is 3.98. The fraction of sp³-hybridized carbons (Fsp3) is 0.0800. The van der Waals surface area contributed by atoms with Crippen LogP contribution in [0.3, 0.4) is 0 Å². The van der Waals surface area contributed by atoms with Crippen LogP contribution in [0.25, 0.3) is 27.9 Å². The molecule has 180 valence electrons. The second kappa shape index (κ2) is 8.53. The zero-order valence-corrected chi connectivity index (χ0v) is 17.7. The molecule has 1 amide bonds. The van der Waals surface area contributed by atoms with Gasteiger partial charge in [0, 0.05) is 23.5 Å². The lowest BCUT2D eigenvalue weighted by Gasteiger charge is -2.24. The lowest BCUT2D eigenvalue weighted by Crippen LogP contribution is -2.15. The van der Waals surface area contributed by atoms with Crippen molar-refractivity contribution in [3.63, 3.8) is 0 Å². The predicted molar refractivity (Wildman–Crippen MR) is 117 cm³/mol. The molecule has 3 aromatic carbocycles. The monoisotopic (exact) mass is 490 g/mol. The lowest BCUT2D eigenvalue weighted by atomic mass is 9.85. The maximum atomic E-state index is 14.0. The second-order valence-corrected chi connectivity index (χ2v) is 7.58. The summed E-state index contributed by atoms with van der Waals surface area (Å²) in [6, 6.07) is 12.6. The molecule has 0 radical (unpaired) electrons. The van der Waals surface area contributed by atoms with Crippen LogP contribution >= 0.6 is 0 Å². The van der Waals surface area contributed by atoms with Crippen LogP contribution in [-0.2, 0) is 12.4 Å². The van der Waals surface area contributed by atoms with Crippen LogP contribution in [0.15, 0.2) is 79.1 Å². The predicted octanol–water partition coefficient (Wildman–Crippen LogP) is 6.65. The molecule has 4 aromatic rings. The number of carbonyl (C=O) groups is 1. The highest BCUT2D eigenvalue weighted by Gasteiger charge is 2.38. The Kier molecular flexibility index (Phi) is 5.84. The molecule has 0 saturated carbocycles. The van der Waals surface area contributed by atoms with Gasteiger partial charge in [-0.3, -0.25) is 4.79 Å². The van der Waals surface area contributed by atoms with Gasteiger partial charge in [0.15, 0.2) is 0 Å². The Balaban J connectivity index is 2.27. The first-order chi connectivity index (χ1) is 16.4. The van der Waals surface area contributed by atoms with Gasteiger partial charge < -0.3 is 15.4 Å². The first-order valence-corrected chi connectivity index (χ1v) is 10.1. The highest BCUT2D eigenvalue weighted by atomic mass is 19.4. The Morgan fingerprint density at radius 2 is 1.20 bits per heavy atom. The molecule has 0 saturated heterocycles. The van der Waals surface area contributed by atoms with E-state index in [4.69, 9.17) is 5.73 Å². The molecule has 0 aliphatic rings. The summed E-state index contributed by atoms with van der Waals surface area (Å²) >= 11 is 0. The van der Waals surface area contributed by atoms with Crippen molar-refractivity contribution in [2.24, 2.45) is 5.73 Å². The minimum Gasteiger partial charge on any atom is -0.506 e. The van der Waals surface area contributed by atoms with E-state index in [0.717, 1.165) is 42.5 Å². The summed E-state index contributed by atoms with van der Waals surface area (Å²) in [6.45, 7) is 0. The number of phenols is 1. The Bertz CT molecular complexity index is 1410. The van der Waals surface area contributed by atoms with Crippen molar-refractivity contribution in [2.75, 3.05) is 0 Å². The molecule has 0 aliphatic heterocycles. The Morgan fingerprint density at radius 3 is 1.66 bits per heavy atom. The zero-order valence-electron chi connectivity index (χ0n) is 17.7. The van der Waals surface area contributed by atoms with E-state index in [0.29, 0.717) is 0 Å². The first-order valence-electron chi connectivity index (χ1n) is 10.1. The number of carbonyl (C=O) groups excluding carboxylic acids is 1. The normalized spacial score (nSPS) is 12.1. The van der Waals surface area contributed by atoms with Crippen LogP contribution in [-0.4, -0.2) is 15.6 Å². The van der Waals surface area contributed by atoms with Gasteiger partial charge in [0.25, 0.3) is 5.91 Å². The van der Waals surface area contributed by atoms with Crippen LogP contribution < -0.4 is 5.73 Å². The number of halogens is 6. The number of hydrogen-bond acceptors (Lipinski definition) is 2. The van der Waals surface area contributed by atoms with E-state index in [-0.39, 0.29) is 11.3 Å². The number of aromatic nitrogens is 1. The molecule has 0 unspecified atom stereocenters. The average Bonchev–Trinajstić information content (AvgIpc) is 3.32. The van der Waals surface area contributed by atoms with Gasteiger partial charge in [-0.2, -0.15) is 26.3 Å². The quantitative estimate of drug-likeness (QED) is 0.315. The molecule has 1 aromatic heterocycles. The van der Waals surface area contributed by atoms with Crippen molar-refractivity contribution >= 4 is 5.91 Å². The number of hydrogen-bond donors (Lipinski definition) is 2. The largest absolute Gasteiger partial charge is 0.506 e. The highest BCUT2D eigenvalue weighted by Crippen LogP contribution is 2.50. The third-order valence-electron chi connectivity index (χ3n) is 5.43.